The molecule has 0 aliphatic rings. The number of hydrogen-bond donors (Lipinski definition) is 0. The number of esters is 1. The van der Waals surface area contributed by atoms with Crippen LogP contribution in [0.15, 0.2) is 52.1 Å². The molecule has 0 unspecified atom stereocenters. The maximum absolute atomic E-state index is 12.5. The molecule has 0 aliphatic heterocycles. The molecular weight excluding hydrogens is 362 g/mol. The Balaban J connectivity index is 1.67. The summed E-state index contributed by atoms with van der Waals surface area (Å²) in [6.07, 6.45) is 1.65. The number of nitriles is 1. The Morgan fingerprint density at radius 1 is 1.26 bits per heavy atom. The topological polar surface area (TPSA) is 89.0 Å². The quantitative estimate of drug-likeness (QED) is 0.468. The SMILES string of the molecule is Cc1noc(C)c1CSc1ncccc1C(=O)OCc1ccc(C#N)cc1. The summed E-state index contributed by atoms with van der Waals surface area (Å²) in [5.41, 5.74) is 3.64. The van der Waals surface area contributed by atoms with Gasteiger partial charge in [-0.15, -0.1) is 11.8 Å². The number of ether oxygens (including phenoxy) is 1. The fourth-order valence-electron chi connectivity index (χ4n) is 2.41. The summed E-state index contributed by atoms with van der Waals surface area (Å²) in [7, 11) is 0. The Kier molecular flexibility index (Phi) is 5.89. The zero-order chi connectivity index (χ0) is 19.2. The molecule has 136 valence electrons. The molecule has 0 radical (unpaired) electrons. The highest BCUT2D eigenvalue weighted by Crippen LogP contribution is 2.27. The summed E-state index contributed by atoms with van der Waals surface area (Å²) < 4.78 is 10.6. The van der Waals surface area contributed by atoms with Crippen molar-refractivity contribution in [3.63, 3.8) is 0 Å². The molecule has 0 saturated carbocycles. The molecule has 7 heteroatoms. The van der Waals surface area contributed by atoms with Crippen LogP contribution in [0.1, 0.15) is 38.5 Å². The first-order valence-corrected chi connectivity index (χ1v) is 9.22. The minimum atomic E-state index is -0.436. The largest absolute Gasteiger partial charge is 0.457 e. The van der Waals surface area contributed by atoms with E-state index in [-0.39, 0.29) is 6.61 Å². The van der Waals surface area contributed by atoms with Gasteiger partial charge in [-0.05, 0) is 43.7 Å². The number of thioether (sulfide) groups is 1. The molecule has 0 atom stereocenters. The first kappa shape index (κ1) is 18.7. The molecule has 3 rings (SSSR count). The lowest BCUT2D eigenvalue weighted by Crippen LogP contribution is -2.07. The van der Waals surface area contributed by atoms with Gasteiger partial charge in [0.15, 0.2) is 0 Å². The van der Waals surface area contributed by atoms with Crippen LogP contribution in [-0.2, 0) is 17.1 Å². The minimum absolute atomic E-state index is 0.132. The zero-order valence-electron chi connectivity index (χ0n) is 14.9. The molecule has 0 amide bonds. The molecule has 1 aromatic carbocycles. The van der Waals surface area contributed by atoms with Crippen LogP contribution < -0.4 is 0 Å². The van der Waals surface area contributed by atoms with E-state index in [1.54, 1.807) is 42.6 Å². The maximum atomic E-state index is 12.5. The van der Waals surface area contributed by atoms with Crippen molar-refractivity contribution in [2.45, 2.75) is 31.2 Å². The number of aromatic nitrogens is 2. The van der Waals surface area contributed by atoms with E-state index in [2.05, 4.69) is 16.2 Å². The average Bonchev–Trinajstić information content (AvgIpc) is 3.02. The van der Waals surface area contributed by atoms with Crippen molar-refractivity contribution in [2.75, 3.05) is 0 Å². The fourth-order valence-corrected chi connectivity index (χ4v) is 3.55. The van der Waals surface area contributed by atoms with Gasteiger partial charge in [0.05, 0.1) is 22.9 Å². The Bertz CT molecular complexity index is 971. The molecule has 6 nitrogen and oxygen atoms in total. The number of hydrogen-bond acceptors (Lipinski definition) is 7. The molecule has 0 aliphatic carbocycles. The van der Waals surface area contributed by atoms with Crippen molar-refractivity contribution < 1.29 is 14.1 Å². The van der Waals surface area contributed by atoms with Gasteiger partial charge >= 0.3 is 5.97 Å². The van der Waals surface area contributed by atoms with Crippen LogP contribution in [0.4, 0.5) is 0 Å². The van der Waals surface area contributed by atoms with Gasteiger partial charge in [0.25, 0.3) is 0 Å². The van der Waals surface area contributed by atoms with Crippen molar-refractivity contribution >= 4 is 17.7 Å². The first-order chi connectivity index (χ1) is 13.1. The third-order valence-corrected chi connectivity index (χ3v) is 5.01. The Hall–Kier alpha value is -3.11. The van der Waals surface area contributed by atoms with Gasteiger partial charge in [-0.1, -0.05) is 17.3 Å². The lowest BCUT2D eigenvalue weighted by Gasteiger charge is -2.09. The molecule has 0 fully saturated rings. The Morgan fingerprint density at radius 2 is 2.04 bits per heavy atom. The van der Waals surface area contributed by atoms with Gasteiger partial charge in [-0.3, -0.25) is 0 Å². The van der Waals surface area contributed by atoms with Gasteiger partial charge in [0.2, 0.25) is 0 Å². The monoisotopic (exact) mass is 379 g/mol. The van der Waals surface area contributed by atoms with Crippen molar-refractivity contribution in [3.8, 4) is 6.07 Å². The highest BCUT2D eigenvalue weighted by atomic mass is 32.2. The highest BCUT2D eigenvalue weighted by Gasteiger charge is 2.16. The summed E-state index contributed by atoms with van der Waals surface area (Å²) in [6, 6.07) is 12.4. The molecule has 0 N–H and O–H groups in total. The maximum Gasteiger partial charge on any atom is 0.341 e. The van der Waals surface area contributed by atoms with Gasteiger partial charge in [-0.2, -0.15) is 5.26 Å². The standard InChI is InChI=1S/C20H17N3O3S/c1-13-18(14(2)26-23-13)12-27-19-17(4-3-9-22-19)20(24)25-11-16-7-5-15(10-21)6-8-16/h3-9H,11-12H2,1-2H3. The van der Waals surface area contributed by atoms with Gasteiger partial charge in [0, 0.05) is 17.5 Å². The van der Waals surface area contributed by atoms with Crippen LogP contribution in [-0.4, -0.2) is 16.1 Å². The molecule has 3 aromatic rings. The predicted molar refractivity (Wildman–Crippen MR) is 100 cm³/mol. The highest BCUT2D eigenvalue weighted by molar-refractivity contribution is 7.98. The third kappa shape index (κ3) is 4.54. The molecule has 0 bridgehead atoms. The lowest BCUT2D eigenvalue weighted by atomic mass is 10.1. The number of carbonyl (C=O) groups is 1. The number of benzene rings is 1. The summed E-state index contributed by atoms with van der Waals surface area (Å²) in [5.74, 6) is 0.934. The van der Waals surface area contributed by atoms with Crippen molar-refractivity contribution in [1.29, 1.82) is 5.26 Å². The zero-order valence-corrected chi connectivity index (χ0v) is 15.7. The van der Waals surface area contributed by atoms with E-state index >= 15 is 0 Å². The predicted octanol–water partition coefficient (Wildman–Crippen LogP) is 4.21. The number of nitrogens with zero attached hydrogens (tertiary/aromatic N) is 3. The second-order valence-electron chi connectivity index (χ2n) is 5.83. The molecular formula is C20H17N3O3S. The smallest absolute Gasteiger partial charge is 0.341 e. The van der Waals surface area contributed by atoms with Crippen molar-refractivity contribution in [3.05, 3.63) is 76.3 Å². The molecule has 0 spiro atoms. The van der Waals surface area contributed by atoms with E-state index < -0.39 is 5.97 Å². The molecule has 2 aromatic heterocycles. The van der Waals surface area contributed by atoms with Gasteiger partial charge in [0.1, 0.15) is 17.4 Å². The summed E-state index contributed by atoms with van der Waals surface area (Å²) in [4.78, 5) is 16.8. The van der Waals surface area contributed by atoms with Crippen LogP contribution in [0, 0.1) is 25.2 Å². The first-order valence-electron chi connectivity index (χ1n) is 8.24. The number of carbonyl (C=O) groups excluding carboxylic acids is 1. The van der Waals surface area contributed by atoms with E-state index in [0.717, 1.165) is 22.6 Å². The number of pyridine rings is 1. The van der Waals surface area contributed by atoms with E-state index in [9.17, 15) is 4.79 Å². The van der Waals surface area contributed by atoms with Crippen LogP contribution in [0.5, 0.6) is 0 Å². The van der Waals surface area contributed by atoms with Gasteiger partial charge < -0.3 is 9.26 Å². The summed E-state index contributed by atoms with van der Waals surface area (Å²) >= 11 is 1.44. The van der Waals surface area contributed by atoms with Crippen LogP contribution in [0.2, 0.25) is 0 Å². The van der Waals surface area contributed by atoms with E-state index in [0.29, 0.717) is 21.9 Å². The second-order valence-corrected chi connectivity index (χ2v) is 6.80. The second kappa shape index (κ2) is 8.52. The molecule has 27 heavy (non-hydrogen) atoms. The fraction of sp³-hybridized carbons (Fsp3) is 0.200. The third-order valence-electron chi connectivity index (χ3n) is 3.98. The Labute approximate surface area is 161 Å². The lowest BCUT2D eigenvalue weighted by molar-refractivity contribution is 0.0467. The van der Waals surface area contributed by atoms with Gasteiger partial charge in [-0.25, -0.2) is 9.78 Å². The van der Waals surface area contributed by atoms with E-state index in [1.807, 2.05) is 13.8 Å². The number of aryl methyl sites for hydroxylation is 2. The normalized spacial score (nSPS) is 10.4. The molecule has 2 heterocycles. The van der Waals surface area contributed by atoms with Crippen LogP contribution in [0.25, 0.3) is 0 Å². The van der Waals surface area contributed by atoms with Crippen molar-refractivity contribution in [1.82, 2.24) is 10.1 Å². The summed E-state index contributed by atoms with van der Waals surface area (Å²) in [6.45, 7) is 3.88. The summed E-state index contributed by atoms with van der Waals surface area (Å²) in [5, 5.41) is 13.4. The Morgan fingerprint density at radius 3 is 2.70 bits per heavy atom. The van der Waals surface area contributed by atoms with Crippen molar-refractivity contribution in [2.24, 2.45) is 0 Å². The van der Waals surface area contributed by atoms with E-state index in [1.165, 1.54) is 11.8 Å². The average molecular weight is 379 g/mol. The molecule has 0 saturated heterocycles. The minimum Gasteiger partial charge on any atom is -0.457 e. The van der Waals surface area contributed by atoms with Crippen LogP contribution in [0.3, 0.4) is 0 Å². The van der Waals surface area contributed by atoms with Crippen LogP contribution >= 0.6 is 11.8 Å². The number of rotatable bonds is 6. The van der Waals surface area contributed by atoms with E-state index in [4.69, 9.17) is 14.5 Å².